The average molecular weight is 412 g/mol. The van der Waals surface area contributed by atoms with Crippen molar-refractivity contribution in [1.29, 1.82) is 0 Å². The number of aryl methyl sites for hydroxylation is 2. The number of carboxylic acid groups (broad SMARTS) is 1. The Bertz CT molecular complexity index is 1160. The molecule has 1 N–H and O–H groups in total. The van der Waals surface area contributed by atoms with Crippen LogP contribution >= 0.6 is 11.6 Å². The minimum absolute atomic E-state index is 0.0262. The van der Waals surface area contributed by atoms with Gasteiger partial charge in [0.15, 0.2) is 0 Å². The van der Waals surface area contributed by atoms with E-state index in [2.05, 4.69) is 4.99 Å². The van der Waals surface area contributed by atoms with Gasteiger partial charge in [0.25, 0.3) is 5.69 Å². The Balaban J connectivity index is 1.97. The average Bonchev–Trinajstić information content (AvgIpc) is 2.93. The number of aromatic carboxylic acids is 1. The Labute approximate surface area is 172 Å². The van der Waals surface area contributed by atoms with Crippen LogP contribution in [0.25, 0.3) is 5.69 Å². The molecule has 0 aliphatic heterocycles. The number of nitrogens with zero attached hydrogens (tertiary/aromatic N) is 3. The van der Waals surface area contributed by atoms with E-state index in [9.17, 15) is 14.9 Å². The molecule has 0 bridgehead atoms. The summed E-state index contributed by atoms with van der Waals surface area (Å²) in [5, 5.41) is 20.4. The van der Waals surface area contributed by atoms with Crippen LogP contribution in [-0.2, 0) is 0 Å². The van der Waals surface area contributed by atoms with E-state index < -0.39 is 10.9 Å². The summed E-state index contributed by atoms with van der Waals surface area (Å²) in [5.74, 6) is -1.08. The van der Waals surface area contributed by atoms with Crippen LogP contribution in [0.4, 0.5) is 11.4 Å². The predicted molar refractivity (Wildman–Crippen MR) is 112 cm³/mol. The van der Waals surface area contributed by atoms with Crippen molar-refractivity contribution in [1.82, 2.24) is 4.57 Å². The van der Waals surface area contributed by atoms with Gasteiger partial charge in [0, 0.05) is 40.5 Å². The maximum absolute atomic E-state index is 11.2. The van der Waals surface area contributed by atoms with Crippen molar-refractivity contribution in [2.75, 3.05) is 0 Å². The summed E-state index contributed by atoms with van der Waals surface area (Å²) in [7, 11) is 0. The van der Waals surface area contributed by atoms with Crippen molar-refractivity contribution in [3.8, 4) is 5.69 Å². The van der Waals surface area contributed by atoms with Gasteiger partial charge in [-0.1, -0.05) is 17.7 Å². The Morgan fingerprint density at radius 3 is 2.52 bits per heavy atom. The highest BCUT2D eigenvalue weighted by Crippen LogP contribution is 2.27. The maximum atomic E-state index is 11.2. The quantitative estimate of drug-likeness (QED) is 0.344. The van der Waals surface area contributed by atoms with Gasteiger partial charge in [0.1, 0.15) is 0 Å². The van der Waals surface area contributed by atoms with E-state index in [1.807, 2.05) is 24.5 Å². The summed E-state index contributed by atoms with van der Waals surface area (Å²) in [6.07, 6.45) is 1.65. The normalized spacial score (nSPS) is 11.2. The van der Waals surface area contributed by atoms with E-state index in [0.29, 0.717) is 11.3 Å². The molecule has 0 saturated heterocycles. The highest BCUT2D eigenvalue weighted by molar-refractivity contribution is 6.33. The first-order valence-corrected chi connectivity index (χ1v) is 9.08. The van der Waals surface area contributed by atoms with Gasteiger partial charge < -0.3 is 9.67 Å². The van der Waals surface area contributed by atoms with Crippen molar-refractivity contribution >= 4 is 35.2 Å². The number of benzene rings is 2. The van der Waals surface area contributed by atoms with Gasteiger partial charge in [-0.2, -0.15) is 0 Å². The molecule has 0 fully saturated rings. The monoisotopic (exact) mass is 411 g/mol. The number of aliphatic imine (C=N–C) groups is 1. The topological polar surface area (TPSA) is 97.7 Å². The van der Waals surface area contributed by atoms with Crippen LogP contribution < -0.4 is 0 Å². The third-order valence-electron chi connectivity index (χ3n) is 4.65. The van der Waals surface area contributed by atoms with Gasteiger partial charge in [-0.15, -0.1) is 0 Å². The van der Waals surface area contributed by atoms with E-state index in [0.717, 1.165) is 22.6 Å². The smallest absolute Gasteiger partial charge is 0.337 e. The van der Waals surface area contributed by atoms with Crippen LogP contribution in [0.5, 0.6) is 0 Å². The van der Waals surface area contributed by atoms with Gasteiger partial charge in [-0.25, -0.2) is 4.79 Å². The van der Waals surface area contributed by atoms with Crippen LogP contribution in [0.3, 0.4) is 0 Å². The Kier molecular flexibility index (Phi) is 5.52. The fraction of sp³-hybridized carbons (Fsp3) is 0.143. The number of carbonyl (C=O) groups is 1. The summed E-state index contributed by atoms with van der Waals surface area (Å²) in [6, 6.07) is 11.5. The fourth-order valence-corrected chi connectivity index (χ4v) is 3.41. The third-order valence-corrected chi connectivity index (χ3v) is 4.97. The summed E-state index contributed by atoms with van der Waals surface area (Å²) >= 11 is 6.10. The maximum Gasteiger partial charge on any atom is 0.337 e. The molecular weight excluding hydrogens is 394 g/mol. The lowest BCUT2D eigenvalue weighted by Crippen LogP contribution is -2.02. The Hall–Kier alpha value is -3.45. The lowest BCUT2D eigenvalue weighted by molar-refractivity contribution is -0.385. The molecule has 0 radical (unpaired) electrons. The molecule has 1 aromatic heterocycles. The second-order valence-corrected chi connectivity index (χ2v) is 7.02. The van der Waals surface area contributed by atoms with Crippen LogP contribution in [-0.4, -0.2) is 26.8 Å². The second kappa shape index (κ2) is 7.89. The zero-order chi connectivity index (χ0) is 21.3. The Morgan fingerprint density at radius 1 is 1.17 bits per heavy atom. The summed E-state index contributed by atoms with van der Waals surface area (Å²) in [4.78, 5) is 26.2. The van der Waals surface area contributed by atoms with Crippen molar-refractivity contribution in [3.63, 3.8) is 0 Å². The molecule has 0 aliphatic carbocycles. The van der Waals surface area contributed by atoms with Crippen molar-refractivity contribution < 1.29 is 14.8 Å². The number of aromatic nitrogens is 1. The molecule has 8 heteroatoms. The number of hydrogen-bond acceptors (Lipinski definition) is 4. The standard InChI is InChI=1S/C21H18ClN3O4/c1-12-4-5-16(9-20(12)25(28)29)23-11-15-8-13(2)24(14(15)3)17-6-7-18(21(26)27)19(22)10-17/h4-11H,1-3H3,(H,26,27). The molecule has 29 heavy (non-hydrogen) atoms. The van der Waals surface area contributed by atoms with Gasteiger partial charge >= 0.3 is 5.97 Å². The SMILES string of the molecule is Cc1ccc(N=Cc2cc(C)n(-c3ccc(C(=O)O)c(Cl)c3)c2C)cc1[N+](=O)[O-]. The van der Waals surface area contributed by atoms with Gasteiger partial charge in [0.05, 0.1) is 21.2 Å². The molecule has 1 heterocycles. The Morgan fingerprint density at radius 2 is 1.90 bits per heavy atom. The van der Waals surface area contributed by atoms with E-state index >= 15 is 0 Å². The molecule has 0 amide bonds. The number of halogens is 1. The van der Waals surface area contributed by atoms with Crippen LogP contribution in [0.2, 0.25) is 5.02 Å². The summed E-state index contributed by atoms with van der Waals surface area (Å²) in [5.41, 5.74) is 4.50. The van der Waals surface area contributed by atoms with E-state index in [-0.39, 0.29) is 16.3 Å². The van der Waals surface area contributed by atoms with Gasteiger partial charge in [-0.05, 0) is 51.1 Å². The van der Waals surface area contributed by atoms with Crippen molar-refractivity contribution in [3.05, 3.63) is 85.7 Å². The van der Waals surface area contributed by atoms with Crippen LogP contribution in [0.1, 0.15) is 32.9 Å². The molecular formula is C21H18ClN3O4. The first-order chi connectivity index (χ1) is 13.7. The summed E-state index contributed by atoms with van der Waals surface area (Å²) in [6.45, 7) is 5.50. The number of carboxylic acids is 1. The molecule has 0 aliphatic rings. The lowest BCUT2D eigenvalue weighted by Gasteiger charge is -2.11. The minimum Gasteiger partial charge on any atom is -0.478 e. The van der Waals surface area contributed by atoms with Gasteiger partial charge in [-0.3, -0.25) is 15.1 Å². The first kappa shape index (κ1) is 20.3. The van der Waals surface area contributed by atoms with Crippen LogP contribution in [0, 0.1) is 30.9 Å². The molecule has 0 saturated carbocycles. The van der Waals surface area contributed by atoms with E-state index in [4.69, 9.17) is 16.7 Å². The molecule has 148 valence electrons. The molecule has 0 atom stereocenters. The first-order valence-electron chi connectivity index (χ1n) is 8.70. The highest BCUT2D eigenvalue weighted by atomic mass is 35.5. The third kappa shape index (κ3) is 4.05. The largest absolute Gasteiger partial charge is 0.478 e. The zero-order valence-corrected chi connectivity index (χ0v) is 16.8. The molecule has 3 aromatic rings. The number of nitro benzene ring substituents is 1. The van der Waals surface area contributed by atoms with Crippen molar-refractivity contribution in [2.45, 2.75) is 20.8 Å². The molecule has 2 aromatic carbocycles. The number of hydrogen-bond donors (Lipinski definition) is 1. The predicted octanol–water partition coefficient (Wildman–Crippen LogP) is 5.41. The molecule has 7 nitrogen and oxygen atoms in total. The van der Waals surface area contributed by atoms with Gasteiger partial charge in [0.2, 0.25) is 0 Å². The number of rotatable bonds is 5. The zero-order valence-electron chi connectivity index (χ0n) is 16.0. The highest BCUT2D eigenvalue weighted by Gasteiger charge is 2.14. The molecule has 3 rings (SSSR count). The molecule has 0 spiro atoms. The minimum atomic E-state index is -1.08. The van der Waals surface area contributed by atoms with Crippen molar-refractivity contribution in [2.24, 2.45) is 4.99 Å². The van der Waals surface area contributed by atoms with E-state index in [1.54, 1.807) is 37.4 Å². The number of nitro groups is 1. The lowest BCUT2D eigenvalue weighted by atomic mass is 10.2. The van der Waals surface area contributed by atoms with E-state index in [1.165, 1.54) is 12.1 Å². The van der Waals surface area contributed by atoms with Crippen LogP contribution in [0.15, 0.2) is 47.5 Å². The summed E-state index contributed by atoms with van der Waals surface area (Å²) < 4.78 is 1.94. The fourth-order valence-electron chi connectivity index (χ4n) is 3.15. The molecule has 0 unspecified atom stereocenters. The second-order valence-electron chi connectivity index (χ2n) is 6.62.